The SMILES string of the molecule is CCOCCc1cccc(C2CC(CNC(O)CC)C3=CC(CCCCc4cccc(NC(N)=NC)c4)C(C=C3O)CC3CC(=O)CCc4ccc(OC)c(c4)OCc4c(C(O)O)cc5c(c(O)cc6c5c4C=CC6C)C2C#CO3)c1. The molecule has 14 nitrogen and oxygen atoms in total. The fourth-order valence-corrected chi connectivity index (χ4v) is 12.4. The van der Waals surface area contributed by atoms with Gasteiger partial charge in [0.15, 0.2) is 23.7 Å². The lowest BCUT2D eigenvalue weighted by Gasteiger charge is -2.35. The van der Waals surface area contributed by atoms with Gasteiger partial charge >= 0.3 is 0 Å². The van der Waals surface area contributed by atoms with Gasteiger partial charge in [0.2, 0.25) is 0 Å². The number of nitrogens with two attached hydrogens (primary N) is 1. The predicted octanol–water partition coefficient (Wildman–Crippen LogP) is 11.1. The maximum absolute atomic E-state index is 14.4. The summed E-state index contributed by atoms with van der Waals surface area (Å²) in [5, 5.41) is 67.4. The van der Waals surface area contributed by atoms with Gasteiger partial charge in [-0.15, -0.1) is 0 Å². The van der Waals surface area contributed by atoms with E-state index in [0.29, 0.717) is 85.8 Å². The number of aromatic hydroxyl groups is 1. The average Bonchev–Trinajstić information content (AvgIpc) is 3.59. The highest BCUT2D eigenvalue weighted by Gasteiger charge is 2.38. The summed E-state index contributed by atoms with van der Waals surface area (Å²) in [5.74, 6) is 2.80. The summed E-state index contributed by atoms with van der Waals surface area (Å²) in [5.41, 5.74) is 14.4. The number of nitrogens with one attached hydrogen (secondary N) is 2. The molecule has 2 aliphatic carbocycles. The predicted molar refractivity (Wildman–Crippen MR) is 318 cm³/mol. The number of aliphatic imine (C=N–C) groups is 1. The average molecular weight is 1100 g/mol. The van der Waals surface area contributed by atoms with Gasteiger partial charge in [0, 0.05) is 73.2 Å². The molecule has 4 heterocycles. The quantitative estimate of drug-likeness (QED) is 0.0143. The number of ether oxygens (including phenoxy) is 4. The van der Waals surface area contributed by atoms with Crippen molar-refractivity contribution in [1.82, 2.24) is 5.32 Å². The molecule has 0 spiro atoms. The van der Waals surface area contributed by atoms with E-state index in [1.54, 1.807) is 20.2 Å². The molecule has 81 heavy (non-hydrogen) atoms. The smallest absolute Gasteiger partial charge is 0.192 e. The Labute approximate surface area is 476 Å². The number of benzene rings is 5. The van der Waals surface area contributed by atoms with E-state index in [0.717, 1.165) is 75.7 Å². The van der Waals surface area contributed by atoms with Crippen molar-refractivity contribution in [2.24, 2.45) is 28.5 Å². The fraction of sp³-hybridized carbons (Fsp3) is 0.433. The van der Waals surface area contributed by atoms with Crippen molar-refractivity contribution in [2.45, 2.75) is 134 Å². The highest BCUT2D eigenvalue weighted by atomic mass is 16.5. The number of fused-ring (bicyclic) bond motifs is 8. The lowest BCUT2D eigenvalue weighted by Crippen LogP contribution is -2.35. The second-order valence-electron chi connectivity index (χ2n) is 22.2. The first-order valence-electron chi connectivity index (χ1n) is 28.9. The van der Waals surface area contributed by atoms with Crippen LogP contribution in [0.3, 0.4) is 0 Å². The van der Waals surface area contributed by atoms with E-state index in [9.17, 15) is 30.3 Å². The van der Waals surface area contributed by atoms with Crippen LogP contribution in [0.25, 0.3) is 16.8 Å². The normalized spacial score (nSPS) is 22.3. The molecule has 11 rings (SSSR count). The summed E-state index contributed by atoms with van der Waals surface area (Å²) in [7, 11) is 3.21. The molecule has 8 atom stereocenters. The first-order chi connectivity index (χ1) is 39.2. The lowest BCUT2D eigenvalue weighted by molar-refractivity contribution is -0.121. The zero-order chi connectivity index (χ0) is 57.2. The molecule has 428 valence electrons. The molecule has 14 heteroatoms. The number of guanidine groups is 1. The maximum Gasteiger partial charge on any atom is 0.192 e. The van der Waals surface area contributed by atoms with Gasteiger partial charge in [0.05, 0.1) is 19.6 Å². The lowest BCUT2D eigenvalue weighted by atomic mass is 9.70. The van der Waals surface area contributed by atoms with Gasteiger partial charge < -0.3 is 55.5 Å². The number of aliphatic hydroxyl groups excluding tert-OH is 3. The minimum absolute atomic E-state index is 0.0141. The maximum atomic E-state index is 14.4. The number of methoxy groups -OCH3 is 1. The Morgan fingerprint density at radius 2 is 1.77 bits per heavy atom. The first-order valence-corrected chi connectivity index (χ1v) is 28.9. The number of unbranched alkanes of at least 4 members (excludes halogenated alkanes) is 1. The van der Waals surface area contributed by atoms with Crippen LogP contribution in [0.2, 0.25) is 0 Å². The van der Waals surface area contributed by atoms with Crippen molar-refractivity contribution in [3.05, 3.63) is 158 Å². The zero-order valence-electron chi connectivity index (χ0n) is 47.4. The van der Waals surface area contributed by atoms with Crippen LogP contribution < -0.4 is 25.8 Å². The molecule has 8 unspecified atom stereocenters. The Morgan fingerprint density at radius 3 is 2.54 bits per heavy atom. The minimum Gasteiger partial charge on any atom is -0.508 e. The van der Waals surface area contributed by atoms with Gasteiger partial charge in [0.25, 0.3) is 0 Å². The number of carbonyl (C=O) groups is 1. The Morgan fingerprint density at radius 1 is 0.951 bits per heavy atom. The van der Waals surface area contributed by atoms with Gasteiger partial charge in [-0.3, -0.25) is 15.1 Å². The number of nitrogens with zero attached hydrogens (tertiary/aromatic N) is 1. The van der Waals surface area contributed by atoms with Crippen molar-refractivity contribution >= 4 is 34.3 Å². The molecule has 0 saturated carbocycles. The summed E-state index contributed by atoms with van der Waals surface area (Å²) in [4.78, 5) is 18.4. The number of phenols is 1. The van der Waals surface area contributed by atoms with Gasteiger partial charge in [-0.25, -0.2) is 0 Å². The van der Waals surface area contributed by atoms with E-state index < -0.39 is 36.4 Å². The number of aliphatic hydroxyl groups is 4. The van der Waals surface area contributed by atoms with E-state index in [-0.39, 0.29) is 60.1 Å². The number of anilines is 1. The Kier molecular flexibility index (Phi) is 19.6. The number of hydrogen-bond acceptors (Lipinski definition) is 12. The number of ketones is 1. The molecule has 0 fully saturated rings. The third-order valence-electron chi connectivity index (χ3n) is 16.8. The summed E-state index contributed by atoms with van der Waals surface area (Å²) < 4.78 is 25.0. The molecule has 5 aromatic carbocycles. The van der Waals surface area contributed by atoms with Crippen molar-refractivity contribution < 1.29 is 49.3 Å². The van der Waals surface area contributed by atoms with Crippen LogP contribution in [0.4, 0.5) is 5.69 Å². The van der Waals surface area contributed by atoms with Gasteiger partial charge in [-0.05, 0) is 162 Å². The highest BCUT2D eigenvalue weighted by molar-refractivity contribution is 6.01. The third kappa shape index (κ3) is 14.0. The van der Waals surface area contributed by atoms with Crippen LogP contribution in [0.5, 0.6) is 17.2 Å². The van der Waals surface area contributed by atoms with E-state index >= 15 is 0 Å². The molecule has 0 radical (unpaired) electrons. The van der Waals surface area contributed by atoms with E-state index in [4.69, 9.17) is 24.7 Å². The largest absolute Gasteiger partial charge is 0.508 e. The van der Waals surface area contributed by atoms with Gasteiger partial charge in [0.1, 0.15) is 42.3 Å². The Balaban J connectivity index is 1.24. The standard InChI is InChI=1S/C67H80N4O10/c1-6-63(75)70-38-47-33-54(45-16-10-13-42(28-45)24-26-79-7-2)52-25-27-80-50(31-46-34-59(73)55(47)32-44(46)15-9-8-12-41-14-11-17-48(29-41)71-67(68)69-4)35-49(72)21-19-43-20-23-61(78-5)62(30-43)81-39-58-51-22-18-40(3)53-37-60(74)65(52)57(64(51)53)36-56(58)66(76)77/h10-11,13-14,16-18,20,22-23,28-30,32,34,36-37,40,44,46-47,50,52,54,63,66,70,73-77H,6-9,12,15,19,21,24,26,31,33,35,38-39H2,1-5H3,(H3,68,69,71). The number of allylic oxidation sites excluding steroid dienone is 4. The van der Waals surface area contributed by atoms with Crippen molar-refractivity contribution in [2.75, 3.05) is 39.2 Å². The number of carbonyl (C=O) groups excluding carboxylic acids is 1. The van der Waals surface area contributed by atoms with Crippen LogP contribution in [-0.4, -0.2) is 83.5 Å². The molecular formula is C67H80N4O10. The van der Waals surface area contributed by atoms with Gasteiger partial charge in [-0.2, -0.15) is 0 Å². The summed E-state index contributed by atoms with van der Waals surface area (Å²) in [6.45, 7) is 7.30. The minimum atomic E-state index is -1.93. The number of rotatable bonds is 17. The molecule has 9 N–H and O–H groups in total. The molecule has 5 aromatic rings. The molecule has 0 amide bonds. The molecule has 6 aliphatic rings. The Bertz CT molecular complexity index is 3240. The second-order valence-corrected chi connectivity index (χ2v) is 22.2. The molecule has 4 aliphatic heterocycles. The van der Waals surface area contributed by atoms with E-state index in [1.807, 2.05) is 74.5 Å². The summed E-state index contributed by atoms with van der Waals surface area (Å²) in [6, 6.07) is 25.7. The third-order valence-corrected chi connectivity index (χ3v) is 16.8. The van der Waals surface area contributed by atoms with Crippen LogP contribution in [0, 0.1) is 29.8 Å². The van der Waals surface area contributed by atoms with E-state index in [2.05, 4.69) is 71.0 Å². The monoisotopic (exact) mass is 1100 g/mol. The zero-order valence-corrected chi connectivity index (χ0v) is 47.4. The highest BCUT2D eigenvalue weighted by Crippen LogP contribution is 2.51. The summed E-state index contributed by atoms with van der Waals surface area (Å²) in [6.07, 6.45) is 13.9. The first kappa shape index (κ1) is 58.5. The summed E-state index contributed by atoms with van der Waals surface area (Å²) >= 11 is 0. The fourth-order valence-electron chi connectivity index (χ4n) is 12.4. The number of phenolic OH excluding ortho intramolecular Hbond substituents is 1. The van der Waals surface area contributed by atoms with Crippen LogP contribution in [0.15, 0.2) is 113 Å². The topological polar surface area (TPSA) is 218 Å². The number of aryl methyl sites for hydroxylation is 2. The van der Waals surface area contributed by atoms with Crippen molar-refractivity contribution in [3.63, 3.8) is 0 Å². The van der Waals surface area contributed by atoms with E-state index in [1.165, 1.54) is 0 Å². The number of hydrogen-bond donors (Lipinski definition) is 8. The molecule has 0 saturated heterocycles. The molecule has 10 bridgehead atoms. The molecular weight excluding hydrogens is 1020 g/mol. The second kappa shape index (κ2) is 27.1. The van der Waals surface area contributed by atoms with Gasteiger partial charge in [-0.1, -0.05) is 86.9 Å². The molecule has 0 aromatic heterocycles. The van der Waals surface area contributed by atoms with Crippen molar-refractivity contribution in [1.29, 1.82) is 0 Å². The van der Waals surface area contributed by atoms with Crippen LogP contribution in [0.1, 0.15) is 146 Å². The van der Waals surface area contributed by atoms with Crippen LogP contribution >= 0.6 is 0 Å². The number of Topliss-reactive ketones (excluding diaryl/α,β-unsaturated/α-hetero) is 1. The van der Waals surface area contributed by atoms with Crippen molar-refractivity contribution in [3.8, 4) is 29.3 Å². The Hall–Kier alpha value is -7.12. The van der Waals surface area contributed by atoms with Crippen LogP contribution in [-0.2, 0) is 40.1 Å².